The predicted molar refractivity (Wildman–Crippen MR) is 148 cm³/mol. The van der Waals surface area contributed by atoms with Gasteiger partial charge in [0.1, 0.15) is 29.7 Å². The van der Waals surface area contributed by atoms with Crippen LogP contribution in [-0.2, 0) is 0 Å². The van der Waals surface area contributed by atoms with Gasteiger partial charge in [0, 0.05) is 51.2 Å². The number of nitrogens with two attached hydrogens (primary N) is 1. The van der Waals surface area contributed by atoms with Crippen molar-refractivity contribution in [3.05, 3.63) is 60.0 Å². The van der Waals surface area contributed by atoms with E-state index in [-0.39, 0.29) is 12.1 Å². The first-order valence-corrected chi connectivity index (χ1v) is 12.9. The minimum Gasteiger partial charge on any atom is -0.378 e. The number of carbonyl (C=O) groups is 1. The molecule has 0 saturated carbocycles. The van der Waals surface area contributed by atoms with Crippen LogP contribution in [0.15, 0.2) is 48.9 Å². The van der Waals surface area contributed by atoms with Gasteiger partial charge in [0.05, 0.1) is 41.3 Å². The monoisotopic (exact) mass is 530 g/mol. The summed E-state index contributed by atoms with van der Waals surface area (Å²) in [5.41, 5.74) is 7.69. The van der Waals surface area contributed by atoms with E-state index in [0.29, 0.717) is 41.7 Å². The zero-order valence-electron chi connectivity index (χ0n) is 21.7. The van der Waals surface area contributed by atoms with Crippen molar-refractivity contribution in [3.63, 3.8) is 0 Å². The Labute approximate surface area is 226 Å². The number of halogens is 1. The summed E-state index contributed by atoms with van der Waals surface area (Å²) >= 11 is 0. The van der Waals surface area contributed by atoms with Gasteiger partial charge in [-0.3, -0.25) is 4.79 Å². The van der Waals surface area contributed by atoms with Gasteiger partial charge in [0.15, 0.2) is 0 Å². The minimum atomic E-state index is -1.23. The molecule has 11 nitrogen and oxygen atoms in total. The van der Waals surface area contributed by atoms with Gasteiger partial charge in [0.2, 0.25) is 0 Å². The van der Waals surface area contributed by atoms with Gasteiger partial charge in [-0.2, -0.15) is 5.26 Å². The summed E-state index contributed by atoms with van der Waals surface area (Å²) in [5.74, 6) is 1.03. The minimum absolute atomic E-state index is 0.127. The van der Waals surface area contributed by atoms with E-state index < -0.39 is 18.1 Å². The van der Waals surface area contributed by atoms with E-state index in [0.717, 1.165) is 31.9 Å². The molecule has 5 heterocycles. The molecule has 2 aliphatic heterocycles. The molecule has 3 aromatic heterocycles. The molecule has 0 bridgehead atoms. The number of piperidine rings is 1. The molecule has 0 radical (unpaired) electrons. The molecule has 5 rings (SSSR count). The number of alkyl halides is 1. The number of piperazine rings is 1. The molecule has 1 amide bonds. The average molecular weight is 531 g/mol. The molecule has 0 spiro atoms. The van der Waals surface area contributed by atoms with E-state index in [4.69, 9.17) is 11.0 Å². The highest BCUT2D eigenvalue weighted by Gasteiger charge is 2.31. The maximum absolute atomic E-state index is 15.3. The van der Waals surface area contributed by atoms with Crippen LogP contribution in [0.4, 0.5) is 33.2 Å². The van der Waals surface area contributed by atoms with Crippen LogP contribution in [0.2, 0.25) is 0 Å². The fourth-order valence-electron chi connectivity index (χ4n) is 4.80. The second kappa shape index (κ2) is 11.5. The van der Waals surface area contributed by atoms with Crippen molar-refractivity contribution in [2.45, 2.75) is 18.6 Å². The molecule has 202 valence electrons. The number of nitrogens with one attached hydrogen (secondary N) is 2. The van der Waals surface area contributed by atoms with Gasteiger partial charge in [-0.15, -0.1) is 0 Å². The summed E-state index contributed by atoms with van der Waals surface area (Å²) in [6, 6.07) is 10.4. The number of hydrogen-bond donors (Lipinski definition) is 3. The molecular formula is C27H31FN10O. The molecule has 2 aliphatic rings. The normalized spacial score (nSPS) is 19.8. The van der Waals surface area contributed by atoms with Crippen molar-refractivity contribution in [1.82, 2.24) is 19.9 Å². The van der Waals surface area contributed by atoms with Crippen molar-refractivity contribution in [3.8, 4) is 6.07 Å². The summed E-state index contributed by atoms with van der Waals surface area (Å²) in [6.45, 7) is 4.61. The lowest BCUT2D eigenvalue weighted by Crippen LogP contribution is -2.48. The number of carbonyl (C=O) groups excluding carboxylic acids is 1. The summed E-state index contributed by atoms with van der Waals surface area (Å²) in [4.78, 5) is 31.6. The maximum Gasteiger partial charge on any atom is 0.252 e. The first-order valence-electron chi connectivity index (χ1n) is 12.9. The topological polar surface area (TPSA) is 139 Å². The number of nitriles is 1. The Morgan fingerprint density at radius 3 is 2.46 bits per heavy atom. The third kappa shape index (κ3) is 6.15. The summed E-state index contributed by atoms with van der Waals surface area (Å²) in [5, 5.41) is 15.3. The van der Waals surface area contributed by atoms with Crippen LogP contribution < -0.4 is 26.2 Å². The predicted octanol–water partition coefficient (Wildman–Crippen LogP) is 2.37. The molecule has 39 heavy (non-hydrogen) atoms. The summed E-state index contributed by atoms with van der Waals surface area (Å²) in [7, 11) is 2.12. The van der Waals surface area contributed by atoms with Gasteiger partial charge in [-0.1, -0.05) is 0 Å². The SMILES string of the molecule is CN1CCN(c2ccc(Nc3cc(N[C@@H]4CCN(c5ccc(C#N)cn5)C[C@@H]4F)c(C(N)=O)cn3)nc2)CC1. The Morgan fingerprint density at radius 2 is 1.82 bits per heavy atom. The molecule has 0 aliphatic carbocycles. The van der Waals surface area contributed by atoms with Crippen LogP contribution >= 0.6 is 0 Å². The molecule has 0 aromatic carbocycles. The maximum atomic E-state index is 15.3. The van der Waals surface area contributed by atoms with E-state index >= 15 is 4.39 Å². The molecule has 3 aromatic rings. The zero-order chi connectivity index (χ0) is 27.4. The first kappa shape index (κ1) is 26.1. The van der Waals surface area contributed by atoms with Crippen LogP contribution in [0.3, 0.4) is 0 Å². The van der Waals surface area contributed by atoms with Gasteiger partial charge >= 0.3 is 0 Å². The van der Waals surface area contributed by atoms with Crippen LogP contribution in [0.5, 0.6) is 0 Å². The molecule has 2 fully saturated rings. The highest BCUT2D eigenvalue weighted by atomic mass is 19.1. The van der Waals surface area contributed by atoms with Crippen LogP contribution in [0, 0.1) is 11.3 Å². The van der Waals surface area contributed by atoms with E-state index in [2.05, 4.69) is 42.4 Å². The lowest BCUT2D eigenvalue weighted by Gasteiger charge is -2.36. The molecule has 2 saturated heterocycles. The molecule has 0 unspecified atom stereocenters. The van der Waals surface area contributed by atoms with Gasteiger partial charge in [0.25, 0.3) is 5.91 Å². The van der Waals surface area contributed by atoms with Gasteiger partial charge < -0.3 is 31.1 Å². The van der Waals surface area contributed by atoms with E-state index in [1.165, 1.54) is 12.4 Å². The highest BCUT2D eigenvalue weighted by Crippen LogP contribution is 2.27. The Hall–Kier alpha value is -4.50. The van der Waals surface area contributed by atoms with Gasteiger partial charge in [-0.25, -0.2) is 19.3 Å². The van der Waals surface area contributed by atoms with E-state index in [9.17, 15) is 4.79 Å². The Kier molecular flexibility index (Phi) is 7.69. The standard InChI is InChI=1S/C27H31FN10O/c1-36-8-10-37(11-9-36)19-3-4-24(31-15-19)35-25-12-23(20(16-32-25)27(30)39)34-22-6-7-38(17-21(22)28)26-5-2-18(13-29)14-33-26/h2-5,12,14-16,21-22H,6-11,17H2,1H3,(H2,30,39)(H2,31,32,34,35)/t21-,22+/m0/s1. The number of primary amides is 1. The number of pyridine rings is 3. The quantitative estimate of drug-likeness (QED) is 0.417. The summed E-state index contributed by atoms with van der Waals surface area (Å²) in [6.07, 6.45) is 3.93. The second-order valence-corrected chi connectivity index (χ2v) is 9.81. The number of aromatic nitrogens is 3. The fraction of sp³-hybridized carbons (Fsp3) is 0.370. The summed E-state index contributed by atoms with van der Waals surface area (Å²) < 4.78 is 15.3. The van der Waals surface area contributed by atoms with E-state index in [1.807, 2.05) is 29.3 Å². The van der Waals surface area contributed by atoms with Crippen LogP contribution in [-0.4, -0.2) is 84.3 Å². The van der Waals surface area contributed by atoms with Crippen LogP contribution in [0.25, 0.3) is 0 Å². The molecule has 12 heteroatoms. The number of anilines is 5. The third-order valence-electron chi connectivity index (χ3n) is 7.13. The average Bonchev–Trinajstić information content (AvgIpc) is 2.95. The van der Waals surface area contributed by atoms with Crippen molar-refractivity contribution in [1.29, 1.82) is 5.26 Å². The van der Waals surface area contributed by atoms with Crippen molar-refractivity contribution in [2.24, 2.45) is 5.73 Å². The number of amides is 1. The number of likely N-dealkylation sites (N-methyl/N-ethyl adjacent to an activating group) is 1. The lowest BCUT2D eigenvalue weighted by atomic mass is 10.0. The molecular weight excluding hydrogens is 499 g/mol. The molecule has 2 atom stereocenters. The third-order valence-corrected chi connectivity index (χ3v) is 7.13. The smallest absolute Gasteiger partial charge is 0.252 e. The Bertz CT molecular complexity index is 1340. The Balaban J connectivity index is 1.25. The molecule has 4 N–H and O–H groups in total. The fourth-order valence-corrected chi connectivity index (χ4v) is 4.80. The first-order chi connectivity index (χ1) is 18.9. The second-order valence-electron chi connectivity index (χ2n) is 9.81. The van der Waals surface area contributed by atoms with Crippen molar-refractivity contribution >= 4 is 34.7 Å². The van der Waals surface area contributed by atoms with Crippen molar-refractivity contribution < 1.29 is 9.18 Å². The number of nitrogens with zero attached hydrogens (tertiary/aromatic N) is 7. The van der Waals surface area contributed by atoms with Crippen LogP contribution in [0.1, 0.15) is 22.3 Å². The highest BCUT2D eigenvalue weighted by molar-refractivity contribution is 5.98. The lowest BCUT2D eigenvalue weighted by molar-refractivity contribution is 0.100. The number of rotatable bonds is 7. The van der Waals surface area contributed by atoms with Gasteiger partial charge in [-0.05, 0) is 37.7 Å². The Morgan fingerprint density at radius 1 is 1.03 bits per heavy atom. The number of hydrogen-bond acceptors (Lipinski definition) is 10. The van der Waals surface area contributed by atoms with Crippen molar-refractivity contribution in [2.75, 3.05) is 66.7 Å². The largest absolute Gasteiger partial charge is 0.378 e. The van der Waals surface area contributed by atoms with E-state index in [1.54, 1.807) is 18.2 Å². The zero-order valence-corrected chi connectivity index (χ0v) is 21.7.